The van der Waals surface area contributed by atoms with E-state index < -0.39 is 10.0 Å². The largest absolute Gasteiger partial charge is 0.316 e. The maximum Gasteiger partial charge on any atom is 0.240 e. The SMILES string of the molecule is CNCc1ccc(S(=O)(=O)NCCCCN(C)C)cc1. The average molecular weight is 299 g/mol. The molecular formula is C14H25N3O2S. The number of unbranched alkanes of at least 4 members (excludes halogenated alkanes) is 1. The zero-order chi connectivity index (χ0) is 15.0. The molecule has 5 nitrogen and oxygen atoms in total. The molecule has 0 aliphatic heterocycles. The van der Waals surface area contributed by atoms with Gasteiger partial charge in [-0.15, -0.1) is 0 Å². The zero-order valence-corrected chi connectivity index (χ0v) is 13.3. The third-order valence-corrected chi connectivity index (χ3v) is 4.42. The number of hydrogen-bond donors (Lipinski definition) is 2. The summed E-state index contributed by atoms with van der Waals surface area (Å²) < 4.78 is 26.8. The van der Waals surface area contributed by atoms with Crippen LogP contribution in [-0.4, -0.2) is 47.6 Å². The molecule has 0 radical (unpaired) electrons. The minimum Gasteiger partial charge on any atom is -0.316 e. The van der Waals surface area contributed by atoms with Crippen LogP contribution in [0.2, 0.25) is 0 Å². The van der Waals surface area contributed by atoms with Gasteiger partial charge in [0.05, 0.1) is 4.90 Å². The molecule has 2 N–H and O–H groups in total. The van der Waals surface area contributed by atoms with Crippen LogP contribution >= 0.6 is 0 Å². The van der Waals surface area contributed by atoms with Crippen LogP contribution in [-0.2, 0) is 16.6 Å². The smallest absolute Gasteiger partial charge is 0.240 e. The van der Waals surface area contributed by atoms with Crippen molar-refractivity contribution in [1.82, 2.24) is 14.9 Å². The molecule has 0 bridgehead atoms. The molecule has 0 amide bonds. The van der Waals surface area contributed by atoms with Crippen LogP contribution in [0.4, 0.5) is 0 Å². The van der Waals surface area contributed by atoms with E-state index in [9.17, 15) is 8.42 Å². The Kier molecular flexibility index (Phi) is 7.15. The van der Waals surface area contributed by atoms with Crippen LogP contribution in [0.1, 0.15) is 18.4 Å². The molecule has 0 unspecified atom stereocenters. The lowest BCUT2D eigenvalue weighted by molar-refractivity contribution is 0.394. The Morgan fingerprint density at radius 2 is 1.75 bits per heavy atom. The lowest BCUT2D eigenvalue weighted by Gasteiger charge is -2.10. The van der Waals surface area contributed by atoms with E-state index in [1.54, 1.807) is 12.1 Å². The number of hydrogen-bond acceptors (Lipinski definition) is 4. The lowest BCUT2D eigenvalue weighted by Crippen LogP contribution is -2.25. The normalized spacial score (nSPS) is 12.0. The molecule has 0 atom stereocenters. The second-order valence-corrected chi connectivity index (χ2v) is 6.85. The van der Waals surface area contributed by atoms with Gasteiger partial charge >= 0.3 is 0 Å². The number of sulfonamides is 1. The van der Waals surface area contributed by atoms with Crippen molar-refractivity contribution >= 4 is 10.0 Å². The first-order valence-corrected chi connectivity index (χ1v) is 8.32. The van der Waals surface area contributed by atoms with E-state index >= 15 is 0 Å². The quantitative estimate of drug-likeness (QED) is 0.669. The van der Waals surface area contributed by atoms with Crippen LogP contribution in [0, 0.1) is 0 Å². The van der Waals surface area contributed by atoms with Crippen LogP contribution < -0.4 is 10.0 Å². The summed E-state index contributed by atoms with van der Waals surface area (Å²) in [6.07, 6.45) is 1.83. The highest BCUT2D eigenvalue weighted by Crippen LogP contribution is 2.10. The maximum atomic E-state index is 12.1. The Morgan fingerprint density at radius 1 is 1.10 bits per heavy atom. The number of benzene rings is 1. The molecule has 20 heavy (non-hydrogen) atoms. The molecule has 0 saturated heterocycles. The van der Waals surface area contributed by atoms with Gasteiger partial charge in [-0.25, -0.2) is 13.1 Å². The summed E-state index contributed by atoms with van der Waals surface area (Å²) in [5.41, 5.74) is 1.07. The molecule has 0 aliphatic rings. The van der Waals surface area contributed by atoms with Gasteiger partial charge in [-0.2, -0.15) is 0 Å². The van der Waals surface area contributed by atoms with Crippen molar-refractivity contribution in [2.24, 2.45) is 0 Å². The molecule has 0 fully saturated rings. The van der Waals surface area contributed by atoms with Gasteiger partial charge in [-0.3, -0.25) is 0 Å². The Morgan fingerprint density at radius 3 is 2.30 bits per heavy atom. The maximum absolute atomic E-state index is 12.1. The summed E-state index contributed by atoms with van der Waals surface area (Å²) in [5, 5.41) is 3.03. The fourth-order valence-corrected chi connectivity index (χ4v) is 2.91. The highest BCUT2D eigenvalue weighted by atomic mass is 32.2. The standard InChI is InChI=1S/C14H25N3O2S/c1-15-12-13-6-8-14(9-7-13)20(18,19)16-10-4-5-11-17(2)3/h6-9,15-16H,4-5,10-12H2,1-3H3. The Labute approximate surface area is 122 Å². The van der Waals surface area contributed by atoms with E-state index in [0.29, 0.717) is 11.4 Å². The third kappa shape index (κ3) is 6.00. The minimum atomic E-state index is -3.38. The second kappa shape index (κ2) is 8.36. The topological polar surface area (TPSA) is 61.4 Å². The summed E-state index contributed by atoms with van der Waals surface area (Å²) >= 11 is 0. The Hall–Kier alpha value is -0.950. The highest BCUT2D eigenvalue weighted by molar-refractivity contribution is 7.89. The van der Waals surface area contributed by atoms with Gasteiger partial charge in [0, 0.05) is 13.1 Å². The Bertz CT molecular complexity index is 484. The lowest BCUT2D eigenvalue weighted by atomic mass is 10.2. The van der Waals surface area contributed by atoms with Crippen molar-refractivity contribution in [3.05, 3.63) is 29.8 Å². The van der Waals surface area contributed by atoms with Crippen molar-refractivity contribution in [2.45, 2.75) is 24.3 Å². The molecule has 6 heteroatoms. The fourth-order valence-electron chi connectivity index (χ4n) is 1.83. The molecule has 0 aliphatic carbocycles. The van der Waals surface area contributed by atoms with Crippen molar-refractivity contribution in [3.8, 4) is 0 Å². The molecule has 0 spiro atoms. The minimum absolute atomic E-state index is 0.324. The van der Waals surface area contributed by atoms with Crippen molar-refractivity contribution in [1.29, 1.82) is 0 Å². The van der Waals surface area contributed by atoms with Crippen LogP contribution in [0.3, 0.4) is 0 Å². The first kappa shape index (κ1) is 17.1. The third-order valence-electron chi connectivity index (χ3n) is 2.94. The number of nitrogens with one attached hydrogen (secondary N) is 2. The van der Waals surface area contributed by atoms with E-state index in [-0.39, 0.29) is 0 Å². The van der Waals surface area contributed by atoms with E-state index in [0.717, 1.165) is 31.5 Å². The van der Waals surface area contributed by atoms with Crippen LogP contribution in [0.15, 0.2) is 29.2 Å². The van der Waals surface area contributed by atoms with Gasteiger partial charge in [0.15, 0.2) is 0 Å². The van der Waals surface area contributed by atoms with Crippen LogP contribution in [0.5, 0.6) is 0 Å². The first-order chi connectivity index (χ1) is 9.45. The molecule has 1 aromatic carbocycles. The zero-order valence-electron chi connectivity index (χ0n) is 12.5. The van der Waals surface area contributed by atoms with E-state index in [4.69, 9.17) is 0 Å². The average Bonchev–Trinajstić information content (AvgIpc) is 2.39. The molecule has 1 aromatic rings. The van der Waals surface area contributed by atoms with Crippen molar-refractivity contribution in [2.75, 3.05) is 34.2 Å². The summed E-state index contributed by atoms with van der Waals surface area (Å²) in [4.78, 5) is 2.42. The number of rotatable bonds is 9. The van der Waals surface area contributed by atoms with Crippen LogP contribution in [0.25, 0.3) is 0 Å². The first-order valence-electron chi connectivity index (χ1n) is 6.83. The van der Waals surface area contributed by atoms with Crippen molar-refractivity contribution < 1.29 is 8.42 Å². The molecule has 0 heterocycles. The second-order valence-electron chi connectivity index (χ2n) is 5.08. The van der Waals surface area contributed by atoms with E-state index in [2.05, 4.69) is 14.9 Å². The fraction of sp³-hybridized carbons (Fsp3) is 0.571. The van der Waals surface area contributed by atoms with Crippen molar-refractivity contribution in [3.63, 3.8) is 0 Å². The molecule has 1 rings (SSSR count). The predicted molar refractivity (Wildman–Crippen MR) is 82.2 cm³/mol. The van der Waals surface area contributed by atoms with E-state index in [1.165, 1.54) is 0 Å². The summed E-state index contributed by atoms with van der Waals surface area (Å²) in [6.45, 7) is 2.19. The molecule has 0 saturated carbocycles. The number of nitrogens with zero attached hydrogens (tertiary/aromatic N) is 1. The van der Waals surface area contributed by atoms with Gasteiger partial charge in [0.25, 0.3) is 0 Å². The monoisotopic (exact) mass is 299 g/mol. The van der Waals surface area contributed by atoms with Gasteiger partial charge in [-0.1, -0.05) is 12.1 Å². The predicted octanol–water partition coefficient (Wildman–Crippen LogP) is 1.03. The summed E-state index contributed by atoms with van der Waals surface area (Å²) in [7, 11) is 2.51. The van der Waals surface area contributed by atoms with E-state index in [1.807, 2.05) is 33.3 Å². The highest BCUT2D eigenvalue weighted by Gasteiger charge is 2.12. The van der Waals surface area contributed by atoms with Gasteiger partial charge < -0.3 is 10.2 Å². The summed E-state index contributed by atoms with van der Waals surface area (Å²) in [5.74, 6) is 0. The van der Waals surface area contributed by atoms with Gasteiger partial charge in [-0.05, 0) is 58.2 Å². The summed E-state index contributed by atoms with van der Waals surface area (Å²) in [6, 6.07) is 6.96. The van der Waals surface area contributed by atoms with Gasteiger partial charge in [0.2, 0.25) is 10.0 Å². The molecule has 114 valence electrons. The van der Waals surface area contributed by atoms with Gasteiger partial charge in [0.1, 0.15) is 0 Å². The Balaban J connectivity index is 2.47. The molecular weight excluding hydrogens is 274 g/mol. The molecule has 0 aromatic heterocycles.